The lowest BCUT2D eigenvalue weighted by atomic mass is 9.60. The number of hydrogen-bond donors (Lipinski definition) is 0. The van der Waals surface area contributed by atoms with Crippen LogP contribution in [0.5, 0.6) is 0 Å². The van der Waals surface area contributed by atoms with Crippen LogP contribution < -0.4 is 0 Å². The van der Waals surface area contributed by atoms with Gasteiger partial charge in [-0.05, 0) is 99.2 Å². The predicted octanol–water partition coefficient (Wildman–Crippen LogP) is 9.05. The molecule has 0 spiro atoms. The number of nitrogens with zero attached hydrogens (tertiary/aromatic N) is 3. The molecule has 0 aromatic carbocycles. The van der Waals surface area contributed by atoms with E-state index in [1.165, 1.54) is 69.5 Å². The lowest BCUT2D eigenvalue weighted by molar-refractivity contribution is 0.0704. The van der Waals surface area contributed by atoms with Crippen molar-refractivity contribution in [2.75, 3.05) is 6.54 Å². The van der Waals surface area contributed by atoms with Gasteiger partial charge in [0.1, 0.15) is 0 Å². The van der Waals surface area contributed by atoms with E-state index in [4.69, 9.17) is 9.96 Å². The van der Waals surface area contributed by atoms with Crippen molar-refractivity contribution >= 4 is 8.32 Å². The monoisotopic (exact) mass is 447 g/mol. The van der Waals surface area contributed by atoms with Gasteiger partial charge in [-0.1, -0.05) is 64.2 Å². The molecule has 0 N–H and O–H groups in total. The largest absolute Gasteiger partial charge is 0.412 e. The van der Waals surface area contributed by atoms with Gasteiger partial charge in [0.2, 0.25) is 0 Å². The van der Waals surface area contributed by atoms with Gasteiger partial charge < -0.3 is 4.43 Å². The van der Waals surface area contributed by atoms with Crippen LogP contribution in [0.1, 0.15) is 99.8 Å². The SMILES string of the molecule is CC[Si](CC)(CC)OC(C)(C)CCC[C@@H](C)[C@H]1CC[C@H]2/C(=C/CN=[N+]=[N-])CCC[C@]12C. The molecular weight excluding hydrogens is 398 g/mol. The Morgan fingerprint density at radius 2 is 1.94 bits per heavy atom. The molecule has 2 saturated carbocycles. The second-order valence-electron chi connectivity index (χ2n) is 11.3. The summed E-state index contributed by atoms with van der Waals surface area (Å²) < 4.78 is 6.84. The number of hydrogen-bond acceptors (Lipinski definition) is 2. The van der Waals surface area contributed by atoms with Gasteiger partial charge in [0.25, 0.3) is 0 Å². The number of azide groups is 1. The Kier molecular flexibility index (Phi) is 9.72. The molecule has 0 radical (unpaired) electrons. The van der Waals surface area contributed by atoms with Gasteiger partial charge in [0, 0.05) is 11.5 Å². The molecule has 5 heteroatoms. The number of rotatable bonds is 12. The molecule has 0 aliphatic heterocycles. The Bertz CT molecular complexity index is 643. The molecule has 0 bridgehead atoms. The molecule has 0 saturated heterocycles. The van der Waals surface area contributed by atoms with Crippen LogP contribution in [0.15, 0.2) is 16.8 Å². The van der Waals surface area contributed by atoms with E-state index < -0.39 is 8.32 Å². The molecule has 0 aromatic heterocycles. The Labute approximate surface area is 193 Å². The average Bonchev–Trinajstić information content (AvgIpc) is 3.10. The zero-order valence-electron chi connectivity index (χ0n) is 21.5. The van der Waals surface area contributed by atoms with Crippen LogP contribution in [0.3, 0.4) is 0 Å². The first-order valence-corrected chi connectivity index (χ1v) is 15.6. The summed E-state index contributed by atoms with van der Waals surface area (Å²) in [5.74, 6) is 2.29. The second-order valence-corrected chi connectivity index (χ2v) is 16.0. The summed E-state index contributed by atoms with van der Waals surface area (Å²) in [6, 6.07) is 3.70. The van der Waals surface area contributed by atoms with E-state index in [9.17, 15) is 0 Å². The molecule has 0 amide bonds. The van der Waals surface area contributed by atoms with Crippen molar-refractivity contribution in [2.45, 2.75) is 124 Å². The van der Waals surface area contributed by atoms with Crippen molar-refractivity contribution in [3.63, 3.8) is 0 Å². The van der Waals surface area contributed by atoms with E-state index in [1.54, 1.807) is 5.57 Å². The lowest BCUT2D eigenvalue weighted by Gasteiger charge is -2.44. The van der Waals surface area contributed by atoms with Crippen molar-refractivity contribution in [3.8, 4) is 0 Å². The Morgan fingerprint density at radius 1 is 1.26 bits per heavy atom. The highest BCUT2D eigenvalue weighted by molar-refractivity contribution is 6.73. The third kappa shape index (κ3) is 6.39. The van der Waals surface area contributed by atoms with Crippen molar-refractivity contribution in [1.29, 1.82) is 0 Å². The molecule has 178 valence electrons. The lowest BCUT2D eigenvalue weighted by Crippen LogP contribution is -2.44. The zero-order chi connectivity index (χ0) is 23.1. The molecule has 2 fully saturated rings. The molecule has 2 rings (SSSR count). The van der Waals surface area contributed by atoms with Crippen molar-refractivity contribution < 1.29 is 4.43 Å². The Balaban J connectivity index is 1.94. The van der Waals surface area contributed by atoms with E-state index >= 15 is 0 Å². The number of allylic oxidation sites excluding steroid dienone is 1. The minimum Gasteiger partial charge on any atom is -0.412 e. The van der Waals surface area contributed by atoms with E-state index in [1.807, 2.05) is 0 Å². The van der Waals surface area contributed by atoms with Crippen LogP contribution >= 0.6 is 0 Å². The molecule has 0 unspecified atom stereocenters. The fraction of sp³-hybridized carbons (Fsp3) is 0.923. The van der Waals surface area contributed by atoms with E-state index in [2.05, 4.69) is 64.6 Å². The van der Waals surface area contributed by atoms with Gasteiger partial charge >= 0.3 is 0 Å². The van der Waals surface area contributed by atoms with Gasteiger partial charge in [-0.25, -0.2) is 0 Å². The van der Waals surface area contributed by atoms with Crippen LogP contribution in [-0.4, -0.2) is 20.5 Å². The average molecular weight is 448 g/mol. The maximum Gasteiger partial charge on any atom is 0.192 e. The predicted molar refractivity (Wildman–Crippen MR) is 136 cm³/mol. The molecule has 4 nitrogen and oxygen atoms in total. The molecule has 0 aromatic rings. The van der Waals surface area contributed by atoms with Crippen LogP contribution in [-0.2, 0) is 4.43 Å². The fourth-order valence-electron chi connectivity index (χ4n) is 7.11. The van der Waals surface area contributed by atoms with E-state index in [-0.39, 0.29) is 5.60 Å². The normalized spacial score (nSPS) is 28.9. The quantitative estimate of drug-likeness (QED) is 0.0967. The summed E-state index contributed by atoms with van der Waals surface area (Å²) in [5, 5.41) is 3.76. The van der Waals surface area contributed by atoms with Crippen molar-refractivity contribution in [1.82, 2.24) is 0 Å². The second kappa shape index (κ2) is 11.4. The summed E-state index contributed by atoms with van der Waals surface area (Å²) in [6.45, 7) is 17.2. The van der Waals surface area contributed by atoms with Gasteiger partial charge in [0.15, 0.2) is 8.32 Å². The van der Waals surface area contributed by atoms with Crippen LogP contribution in [0.25, 0.3) is 10.4 Å². The first kappa shape index (κ1) is 26.5. The van der Waals surface area contributed by atoms with Crippen LogP contribution in [0.4, 0.5) is 0 Å². The smallest absolute Gasteiger partial charge is 0.192 e. The highest BCUT2D eigenvalue weighted by Crippen LogP contribution is 2.59. The topological polar surface area (TPSA) is 58.0 Å². The van der Waals surface area contributed by atoms with Gasteiger partial charge in [-0.3, -0.25) is 0 Å². The van der Waals surface area contributed by atoms with Crippen LogP contribution in [0.2, 0.25) is 18.1 Å². The molecular formula is C26H49N3OSi. The standard InChI is InChI=1S/C26H49N3OSi/c1-8-31(9-2,10-3)30-25(5,6)18-11-13-21(4)23-15-16-24-22(17-20-28-29-27)14-12-19-26(23,24)7/h17,21,23-24H,8-16,18-20H2,1-7H3/b22-17+/t21-,23-,24+,26-/m1/s1. The maximum absolute atomic E-state index is 8.62. The minimum atomic E-state index is -1.55. The Hall–Kier alpha value is -0.773. The van der Waals surface area contributed by atoms with Gasteiger partial charge in [-0.2, -0.15) is 0 Å². The third-order valence-electron chi connectivity index (χ3n) is 9.09. The molecule has 2 aliphatic rings. The van der Waals surface area contributed by atoms with Crippen molar-refractivity contribution in [3.05, 3.63) is 22.1 Å². The summed E-state index contributed by atoms with van der Waals surface area (Å²) in [5.41, 5.74) is 10.6. The van der Waals surface area contributed by atoms with Gasteiger partial charge in [-0.15, -0.1) is 0 Å². The van der Waals surface area contributed by atoms with Crippen LogP contribution in [0, 0.1) is 23.2 Å². The summed E-state index contributed by atoms with van der Waals surface area (Å²) >= 11 is 0. The zero-order valence-corrected chi connectivity index (χ0v) is 22.5. The van der Waals surface area contributed by atoms with E-state index in [0.29, 0.717) is 17.9 Å². The first-order valence-electron chi connectivity index (χ1n) is 13.1. The highest BCUT2D eigenvalue weighted by Gasteiger charge is 2.50. The minimum absolute atomic E-state index is 0.0120. The third-order valence-corrected chi connectivity index (χ3v) is 13.9. The molecule has 2 aliphatic carbocycles. The molecule has 0 heterocycles. The number of fused-ring (bicyclic) bond motifs is 1. The molecule has 4 atom stereocenters. The fourth-order valence-corrected chi connectivity index (χ4v) is 10.3. The first-order chi connectivity index (χ1) is 14.7. The van der Waals surface area contributed by atoms with E-state index in [0.717, 1.165) is 11.8 Å². The van der Waals surface area contributed by atoms with Gasteiger partial charge in [0.05, 0.1) is 5.60 Å². The highest BCUT2D eigenvalue weighted by atomic mass is 28.4. The maximum atomic E-state index is 8.62. The summed E-state index contributed by atoms with van der Waals surface area (Å²) in [6.07, 6.45) is 12.5. The molecule has 31 heavy (non-hydrogen) atoms. The summed E-state index contributed by atoms with van der Waals surface area (Å²) in [7, 11) is -1.55. The van der Waals surface area contributed by atoms with Crippen molar-refractivity contribution in [2.24, 2.45) is 28.3 Å². The summed E-state index contributed by atoms with van der Waals surface area (Å²) in [4.78, 5) is 2.93. The Morgan fingerprint density at radius 3 is 2.55 bits per heavy atom.